The van der Waals surface area contributed by atoms with E-state index in [0.29, 0.717) is 19.6 Å². The Hall–Kier alpha value is -3.49. The van der Waals surface area contributed by atoms with E-state index in [1.54, 1.807) is 27.8 Å². The summed E-state index contributed by atoms with van der Waals surface area (Å²) >= 11 is 0. The van der Waals surface area contributed by atoms with Crippen molar-refractivity contribution in [2.45, 2.75) is 20.4 Å². The molecule has 0 aliphatic carbocycles. The Kier molecular flexibility index (Phi) is 13.0. The van der Waals surface area contributed by atoms with E-state index in [1.807, 2.05) is 65.8 Å². The highest BCUT2D eigenvalue weighted by atomic mass is 33.1. The Bertz CT molecular complexity index is 1500. The van der Waals surface area contributed by atoms with Crippen LogP contribution in [0.15, 0.2) is 96.6 Å². The van der Waals surface area contributed by atoms with Gasteiger partial charge in [0.15, 0.2) is 12.1 Å². The molecule has 0 unspecified atom stereocenters. The second-order valence-electron chi connectivity index (χ2n) is 10.5. The number of hydrogen-bond acceptors (Lipinski definition) is 5. The Morgan fingerprint density at radius 3 is 1.95 bits per heavy atom. The summed E-state index contributed by atoms with van der Waals surface area (Å²) in [7, 11) is 8.02. The lowest BCUT2D eigenvalue weighted by atomic mass is 10.1. The maximum Gasteiger partial charge on any atom is 0.360 e. The number of allylic oxidation sites excluding steroid dienone is 3. The summed E-state index contributed by atoms with van der Waals surface area (Å²) < 4.78 is 30.0. The number of hydrogen-bond donors (Lipinski definition) is 0. The molecular formula is C36H43F2N4S2+. The number of pyridine rings is 1. The zero-order valence-electron chi connectivity index (χ0n) is 26.1. The molecule has 44 heavy (non-hydrogen) atoms. The van der Waals surface area contributed by atoms with Gasteiger partial charge in [0.05, 0.1) is 0 Å². The van der Waals surface area contributed by atoms with Crippen LogP contribution in [0.1, 0.15) is 30.5 Å². The third-order valence-corrected chi connectivity index (χ3v) is 9.94. The minimum Gasteiger partial charge on any atom is -0.373 e. The number of nitrogens with zero attached hydrogens (tertiary/aromatic N) is 4. The van der Waals surface area contributed by atoms with Crippen molar-refractivity contribution >= 4 is 51.2 Å². The van der Waals surface area contributed by atoms with Gasteiger partial charge in [0, 0.05) is 75.3 Å². The van der Waals surface area contributed by atoms with Gasteiger partial charge in [-0.05, 0) is 54.3 Å². The zero-order valence-corrected chi connectivity index (χ0v) is 27.8. The van der Waals surface area contributed by atoms with Crippen molar-refractivity contribution < 1.29 is 13.3 Å². The van der Waals surface area contributed by atoms with Crippen LogP contribution >= 0.6 is 21.6 Å². The minimum atomic E-state index is -0.228. The van der Waals surface area contributed by atoms with Gasteiger partial charge in [0.2, 0.25) is 0 Å². The largest absolute Gasteiger partial charge is 0.373 e. The Balaban J connectivity index is 1.23. The standard InChI is InChI=1S/C36H43F2N4S2/c1-5-41-21-19-29(27-35(41)37)15-17-31-11-7-9-13-33(31)39(3)23-25-43-44-26-24-40(4)34-14-10-8-12-32(34)18-16-30-20-22-42(6-2)36(38)28-30/h7-21,27-28H,5-6,22-26H2,1-4H3/q+1/b18-16+. The average Bonchev–Trinajstić information content (AvgIpc) is 3.04. The van der Waals surface area contributed by atoms with Gasteiger partial charge < -0.3 is 14.7 Å². The van der Waals surface area contributed by atoms with E-state index in [1.165, 1.54) is 0 Å². The number of para-hydroxylation sites is 2. The number of aromatic nitrogens is 1. The number of likely N-dealkylation sites (N-methyl/N-ethyl adjacent to an activating group) is 1. The molecule has 0 fully saturated rings. The first kappa shape index (κ1) is 33.4. The van der Waals surface area contributed by atoms with Gasteiger partial charge in [-0.1, -0.05) is 88.4 Å². The molecule has 1 aliphatic rings. The van der Waals surface area contributed by atoms with E-state index < -0.39 is 0 Å². The van der Waals surface area contributed by atoms with Crippen LogP contribution in [0.25, 0.3) is 18.2 Å². The first-order chi connectivity index (χ1) is 21.4. The van der Waals surface area contributed by atoms with Crippen LogP contribution in [0, 0.1) is 5.95 Å². The molecule has 1 aromatic heterocycles. The van der Waals surface area contributed by atoms with E-state index in [0.717, 1.165) is 58.2 Å². The highest BCUT2D eigenvalue weighted by Crippen LogP contribution is 2.27. The van der Waals surface area contributed by atoms with Crippen molar-refractivity contribution in [2.24, 2.45) is 0 Å². The highest BCUT2D eigenvalue weighted by Gasteiger charge is 2.12. The van der Waals surface area contributed by atoms with Crippen LogP contribution in [0.3, 0.4) is 0 Å². The number of aryl methyl sites for hydroxylation is 1. The second-order valence-corrected chi connectivity index (χ2v) is 13.3. The summed E-state index contributed by atoms with van der Waals surface area (Å²) in [4.78, 5) is 6.27. The van der Waals surface area contributed by atoms with Crippen LogP contribution in [-0.2, 0) is 6.54 Å². The topological polar surface area (TPSA) is 13.6 Å². The fourth-order valence-electron chi connectivity index (χ4n) is 4.89. The van der Waals surface area contributed by atoms with Crippen molar-refractivity contribution in [1.29, 1.82) is 0 Å². The molecule has 8 heteroatoms. The number of rotatable bonds is 15. The van der Waals surface area contributed by atoms with Gasteiger partial charge in [0.1, 0.15) is 6.54 Å². The highest BCUT2D eigenvalue weighted by molar-refractivity contribution is 8.76. The third kappa shape index (κ3) is 9.50. The van der Waals surface area contributed by atoms with Gasteiger partial charge in [-0.2, -0.15) is 8.96 Å². The monoisotopic (exact) mass is 633 g/mol. The fraction of sp³-hybridized carbons (Fsp3) is 0.306. The Morgan fingerprint density at radius 1 is 0.818 bits per heavy atom. The molecule has 0 amide bonds. The number of benzene rings is 2. The first-order valence-corrected chi connectivity index (χ1v) is 17.6. The molecule has 232 valence electrons. The smallest absolute Gasteiger partial charge is 0.360 e. The number of halogens is 2. The summed E-state index contributed by atoms with van der Waals surface area (Å²) in [6.45, 7) is 7.61. The molecule has 2 aromatic carbocycles. The predicted octanol–water partition coefficient (Wildman–Crippen LogP) is 8.34. The van der Waals surface area contributed by atoms with Gasteiger partial charge in [0.25, 0.3) is 0 Å². The summed E-state index contributed by atoms with van der Waals surface area (Å²) in [6, 6.07) is 20.2. The Morgan fingerprint density at radius 2 is 1.41 bits per heavy atom. The van der Waals surface area contributed by atoms with Gasteiger partial charge in [-0.3, -0.25) is 0 Å². The van der Waals surface area contributed by atoms with Crippen molar-refractivity contribution in [1.82, 2.24) is 4.90 Å². The molecule has 4 rings (SSSR count). The van der Waals surface area contributed by atoms with Crippen molar-refractivity contribution in [3.05, 3.63) is 119 Å². The lowest BCUT2D eigenvalue weighted by molar-refractivity contribution is -0.720. The van der Waals surface area contributed by atoms with Crippen LogP contribution in [0.4, 0.5) is 20.2 Å². The maximum absolute atomic E-state index is 14.2. The lowest BCUT2D eigenvalue weighted by Crippen LogP contribution is -2.36. The zero-order chi connectivity index (χ0) is 31.3. The first-order valence-electron chi connectivity index (χ1n) is 15.1. The van der Waals surface area contributed by atoms with E-state index in [-0.39, 0.29) is 11.9 Å². The van der Waals surface area contributed by atoms with E-state index in [4.69, 9.17) is 0 Å². The van der Waals surface area contributed by atoms with Gasteiger partial charge in [-0.15, -0.1) is 4.39 Å². The van der Waals surface area contributed by atoms with Crippen molar-refractivity contribution in [2.75, 3.05) is 61.6 Å². The molecule has 0 atom stereocenters. The third-order valence-electron chi connectivity index (χ3n) is 7.57. The predicted molar refractivity (Wildman–Crippen MR) is 189 cm³/mol. The molecule has 1 aliphatic heterocycles. The van der Waals surface area contributed by atoms with Gasteiger partial charge >= 0.3 is 5.95 Å². The molecule has 0 bridgehead atoms. The summed E-state index contributed by atoms with van der Waals surface area (Å²) in [5, 5.41) is 0. The van der Waals surface area contributed by atoms with Crippen LogP contribution in [0.5, 0.6) is 0 Å². The molecule has 0 saturated heterocycles. The number of anilines is 2. The molecule has 0 spiro atoms. The minimum absolute atomic E-state index is 0.174. The molecule has 0 N–H and O–H groups in total. The van der Waals surface area contributed by atoms with Gasteiger partial charge in [-0.25, -0.2) is 0 Å². The molecule has 3 aromatic rings. The second kappa shape index (κ2) is 17.1. The summed E-state index contributed by atoms with van der Waals surface area (Å²) in [5.41, 5.74) is 6.30. The summed E-state index contributed by atoms with van der Waals surface area (Å²) in [5.74, 6) is 1.60. The lowest BCUT2D eigenvalue weighted by Gasteiger charge is -2.23. The molecule has 2 heterocycles. The Labute approximate surface area is 269 Å². The molecule has 0 radical (unpaired) electrons. The quantitative estimate of drug-likeness (QED) is 0.0547. The van der Waals surface area contributed by atoms with Crippen molar-refractivity contribution in [3.8, 4) is 0 Å². The maximum atomic E-state index is 14.2. The van der Waals surface area contributed by atoms with Crippen LogP contribution < -0.4 is 14.4 Å². The molecular weight excluding hydrogens is 591 g/mol. The SMILES string of the molecule is CCN1CC=C(/C=C/c2ccccc2N(C)CCSSCCN(C)c2ccccc2/C=C/c2cc[n+](CC)c(F)c2)C=C1F. The molecule has 0 saturated carbocycles. The summed E-state index contributed by atoms with van der Waals surface area (Å²) in [6.07, 6.45) is 13.5. The average molecular weight is 634 g/mol. The van der Waals surface area contributed by atoms with E-state index in [2.05, 4.69) is 78.5 Å². The van der Waals surface area contributed by atoms with Crippen LogP contribution in [-0.4, -0.2) is 56.7 Å². The van der Waals surface area contributed by atoms with Crippen molar-refractivity contribution in [3.63, 3.8) is 0 Å². The molecule has 4 nitrogen and oxygen atoms in total. The van der Waals surface area contributed by atoms with Crippen LogP contribution in [0.2, 0.25) is 0 Å². The fourth-order valence-corrected chi connectivity index (χ4v) is 6.98. The normalized spacial score (nSPS) is 13.5. The van der Waals surface area contributed by atoms with E-state index in [9.17, 15) is 8.78 Å². The van der Waals surface area contributed by atoms with E-state index >= 15 is 0 Å².